The van der Waals surface area contributed by atoms with Gasteiger partial charge in [0.15, 0.2) is 5.65 Å². The first-order valence-corrected chi connectivity index (χ1v) is 9.82. The van der Waals surface area contributed by atoms with Gasteiger partial charge in [-0.15, -0.1) is 5.10 Å². The van der Waals surface area contributed by atoms with Gasteiger partial charge in [-0.3, -0.25) is 4.79 Å². The van der Waals surface area contributed by atoms with E-state index in [1.165, 1.54) is 0 Å². The second-order valence-electron chi connectivity index (χ2n) is 7.34. The van der Waals surface area contributed by atoms with E-state index in [0.717, 1.165) is 22.6 Å². The molecule has 7 heteroatoms. The second kappa shape index (κ2) is 8.32. The Morgan fingerprint density at radius 1 is 1.13 bits per heavy atom. The Hall–Kier alpha value is -3.74. The number of pyridine rings is 1. The summed E-state index contributed by atoms with van der Waals surface area (Å²) < 4.78 is 7.31. The average molecular weight is 401 g/mol. The van der Waals surface area contributed by atoms with Crippen LogP contribution in [0.5, 0.6) is 5.75 Å². The van der Waals surface area contributed by atoms with Crippen molar-refractivity contribution >= 4 is 17.1 Å². The van der Waals surface area contributed by atoms with E-state index >= 15 is 0 Å². The number of nitrogens with zero attached hydrogens (tertiary/aromatic N) is 4. The number of aryl methyl sites for hydroxylation is 1. The smallest absolute Gasteiger partial charge is 0.251 e. The number of hydrogen-bond donors (Lipinski definition) is 1. The summed E-state index contributed by atoms with van der Waals surface area (Å²) in [5, 5.41) is 11.3. The zero-order valence-electron chi connectivity index (χ0n) is 17.2. The Kier molecular flexibility index (Phi) is 5.43. The number of benzene rings is 2. The first kappa shape index (κ1) is 19.6. The summed E-state index contributed by atoms with van der Waals surface area (Å²) in [5.74, 6) is 0.660. The van der Waals surface area contributed by atoms with Gasteiger partial charge in [0.2, 0.25) is 0 Å². The minimum absolute atomic E-state index is 0.128. The third-order valence-corrected chi connectivity index (χ3v) is 4.66. The first-order chi connectivity index (χ1) is 14.5. The van der Waals surface area contributed by atoms with Crippen molar-refractivity contribution in [2.45, 2.75) is 33.4 Å². The highest BCUT2D eigenvalue weighted by molar-refractivity contribution is 5.95. The Balaban J connectivity index is 1.50. The van der Waals surface area contributed by atoms with Crippen LogP contribution in [-0.2, 0) is 6.54 Å². The van der Waals surface area contributed by atoms with Gasteiger partial charge in [-0.05, 0) is 68.3 Å². The zero-order chi connectivity index (χ0) is 21.1. The summed E-state index contributed by atoms with van der Waals surface area (Å²) in [7, 11) is 0. The number of amides is 1. The molecule has 0 aliphatic carbocycles. The van der Waals surface area contributed by atoms with Crippen LogP contribution < -0.4 is 10.1 Å². The summed E-state index contributed by atoms with van der Waals surface area (Å²) in [6.45, 7) is 6.37. The number of hydrogen-bond acceptors (Lipinski definition) is 5. The van der Waals surface area contributed by atoms with Gasteiger partial charge in [0.25, 0.3) is 5.91 Å². The molecule has 0 spiro atoms. The van der Waals surface area contributed by atoms with Crippen molar-refractivity contribution in [3.05, 3.63) is 77.5 Å². The Morgan fingerprint density at radius 2 is 1.93 bits per heavy atom. The molecule has 0 radical (unpaired) electrons. The molecule has 0 aliphatic heterocycles. The zero-order valence-corrected chi connectivity index (χ0v) is 17.2. The minimum Gasteiger partial charge on any atom is -0.491 e. The quantitative estimate of drug-likeness (QED) is 0.531. The Bertz CT molecular complexity index is 1180. The van der Waals surface area contributed by atoms with Crippen molar-refractivity contribution in [2.75, 3.05) is 0 Å². The van der Waals surface area contributed by atoms with Crippen molar-refractivity contribution in [3.63, 3.8) is 0 Å². The molecular weight excluding hydrogens is 378 g/mol. The van der Waals surface area contributed by atoms with Crippen LogP contribution in [0.3, 0.4) is 0 Å². The second-order valence-corrected chi connectivity index (χ2v) is 7.34. The van der Waals surface area contributed by atoms with Crippen LogP contribution in [0.15, 0.2) is 60.8 Å². The maximum Gasteiger partial charge on any atom is 0.251 e. The third kappa shape index (κ3) is 4.15. The number of fused-ring (bicyclic) bond motifs is 1. The van der Waals surface area contributed by atoms with E-state index in [9.17, 15) is 4.79 Å². The molecule has 0 bridgehead atoms. The fourth-order valence-electron chi connectivity index (χ4n) is 3.15. The summed E-state index contributed by atoms with van der Waals surface area (Å²) in [6.07, 6.45) is 1.83. The SMILES string of the molecule is Cc1ccc(C(=O)NCc2ccc(OC(C)C)cc2)cc1-n1nnc2cccnc21. The average Bonchev–Trinajstić information content (AvgIpc) is 3.17. The van der Waals surface area contributed by atoms with Crippen molar-refractivity contribution in [2.24, 2.45) is 0 Å². The van der Waals surface area contributed by atoms with E-state index < -0.39 is 0 Å². The third-order valence-electron chi connectivity index (χ3n) is 4.66. The van der Waals surface area contributed by atoms with Gasteiger partial charge in [-0.1, -0.05) is 23.4 Å². The molecule has 4 aromatic rings. The van der Waals surface area contributed by atoms with Gasteiger partial charge in [0.05, 0.1) is 11.8 Å². The molecule has 1 amide bonds. The normalized spacial score (nSPS) is 11.1. The molecule has 0 saturated carbocycles. The molecule has 2 heterocycles. The largest absolute Gasteiger partial charge is 0.491 e. The highest BCUT2D eigenvalue weighted by Crippen LogP contribution is 2.19. The maximum atomic E-state index is 12.7. The van der Waals surface area contributed by atoms with Crippen molar-refractivity contribution in [1.29, 1.82) is 0 Å². The molecule has 4 rings (SSSR count). The lowest BCUT2D eigenvalue weighted by Crippen LogP contribution is -2.23. The van der Waals surface area contributed by atoms with E-state index in [-0.39, 0.29) is 12.0 Å². The van der Waals surface area contributed by atoms with Gasteiger partial charge in [0.1, 0.15) is 11.3 Å². The van der Waals surface area contributed by atoms with Gasteiger partial charge < -0.3 is 10.1 Å². The predicted molar refractivity (Wildman–Crippen MR) is 115 cm³/mol. The number of nitrogens with one attached hydrogen (secondary N) is 1. The van der Waals surface area contributed by atoms with Gasteiger partial charge >= 0.3 is 0 Å². The summed E-state index contributed by atoms with van der Waals surface area (Å²) >= 11 is 0. The topological polar surface area (TPSA) is 81.9 Å². The minimum atomic E-state index is -0.156. The molecule has 7 nitrogen and oxygen atoms in total. The number of rotatable bonds is 6. The van der Waals surface area contributed by atoms with Crippen LogP contribution in [0.1, 0.15) is 35.3 Å². The van der Waals surface area contributed by atoms with Crippen molar-refractivity contribution in [1.82, 2.24) is 25.3 Å². The molecule has 0 unspecified atom stereocenters. The van der Waals surface area contributed by atoms with Crippen molar-refractivity contribution < 1.29 is 9.53 Å². The molecule has 152 valence electrons. The number of ether oxygens (including phenoxy) is 1. The van der Waals surface area contributed by atoms with Gasteiger partial charge in [-0.2, -0.15) is 4.68 Å². The molecule has 0 saturated heterocycles. The molecule has 0 aliphatic rings. The van der Waals surface area contributed by atoms with Gasteiger partial charge in [-0.25, -0.2) is 4.98 Å². The van der Waals surface area contributed by atoms with Crippen molar-refractivity contribution in [3.8, 4) is 11.4 Å². The fourth-order valence-corrected chi connectivity index (χ4v) is 3.15. The molecule has 2 aromatic carbocycles. The van der Waals surface area contributed by atoms with E-state index in [1.54, 1.807) is 16.9 Å². The number of carbonyl (C=O) groups excluding carboxylic acids is 1. The highest BCUT2D eigenvalue weighted by Gasteiger charge is 2.13. The Morgan fingerprint density at radius 3 is 2.70 bits per heavy atom. The first-order valence-electron chi connectivity index (χ1n) is 9.82. The maximum absolute atomic E-state index is 12.7. The summed E-state index contributed by atoms with van der Waals surface area (Å²) in [4.78, 5) is 17.1. The van der Waals surface area contributed by atoms with Crippen LogP contribution in [0.2, 0.25) is 0 Å². The predicted octanol–water partition coefficient (Wildman–Crippen LogP) is 3.84. The molecular formula is C23H23N5O2. The van der Waals surface area contributed by atoms with Crippen LogP contribution in [0.4, 0.5) is 0 Å². The number of aromatic nitrogens is 4. The van der Waals surface area contributed by atoms with Crippen LogP contribution in [0, 0.1) is 6.92 Å². The standard InChI is InChI=1S/C23H23N5O2/c1-15(2)30-19-10-7-17(8-11-19)14-25-23(29)18-9-6-16(3)21(13-18)28-22-20(26-27-28)5-4-12-24-22/h4-13,15H,14H2,1-3H3,(H,25,29). The molecule has 2 aromatic heterocycles. The lowest BCUT2D eigenvalue weighted by Gasteiger charge is -2.11. The lowest BCUT2D eigenvalue weighted by atomic mass is 10.1. The van der Waals surface area contributed by atoms with Crippen LogP contribution >= 0.6 is 0 Å². The molecule has 0 fully saturated rings. The van der Waals surface area contributed by atoms with E-state index in [0.29, 0.717) is 23.3 Å². The molecule has 1 N–H and O–H groups in total. The van der Waals surface area contributed by atoms with E-state index in [4.69, 9.17) is 4.74 Å². The molecule has 30 heavy (non-hydrogen) atoms. The summed E-state index contributed by atoms with van der Waals surface area (Å²) in [6, 6.07) is 16.9. The fraction of sp³-hybridized carbons (Fsp3) is 0.217. The van der Waals surface area contributed by atoms with Crippen LogP contribution in [-0.4, -0.2) is 32.0 Å². The van der Waals surface area contributed by atoms with E-state index in [1.807, 2.05) is 69.3 Å². The van der Waals surface area contributed by atoms with Crippen LogP contribution in [0.25, 0.3) is 16.9 Å². The number of carbonyl (C=O) groups is 1. The molecule has 0 atom stereocenters. The van der Waals surface area contributed by atoms with E-state index in [2.05, 4.69) is 20.6 Å². The summed E-state index contributed by atoms with van der Waals surface area (Å²) in [5.41, 5.74) is 4.66. The van der Waals surface area contributed by atoms with Gasteiger partial charge in [0, 0.05) is 18.3 Å². The monoisotopic (exact) mass is 401 g/mol. The highest BCUT2D eigenvalue weighted by atomic mass is 16.5. The lowest BCUT2D eigenvalue weighted by molar-refractivity contribution is 0.0951. The Labute approximate surface area is 174 Å².